The number of hydrogen-bond donors (Lipinski definition) is 0. The van der Waals surface area contributed by atoms with Gasteiger partial charge in [-0.2, -0.15) is 0 Å². The predicted octanol–water partition coefficient (Wildman–Crippen LogP) is 2.68. The number of pyridine rings is 1. The largest absolute Gasteiger partial charge is 0.297 e. The van der Waals surface area contributed by atoms with Crippen LogP contribution >= 0.6 is 0 Å². The van der Waals surface area contributed by atoms with E-state index in [1.165, 1.54) is 5.56 Å². The van der Waals surface area contributed by atoms with Gasteiger partial charge in [-0.05, 0) is 23.8 Å². The Kier molecular flexibility index (Phi) is 4.75. The molecule has 0 bridgehead atoms. The molecule has 22 heavy (non-hydrogen) atoms. The summed E-state index contributed by atoms with van der Waals surface area (Å²) in [7, 11) is 0. The van der Waals surface area contributed by atoms with Crippen LogP contribution in [0.25, 0.3) is 0 Å². The van der Waals surface area contributed by atoms with E-state index < -0.39 is 11.6 Å². The van der Waals surface area contributed by atoms with E-state index in [-0.39, 0.29) is 0 Å². The Morgan fingerprint density at radius 2 is 1.50 bits per heavy atom. The third kappa shape index (κ3) is 3.67. The minimum absolute atomic E-state index is 0.433. The fourth-order valence-electron chi connectivity index (χ4n) is 2.76. The summed E-state index contributed by atoms with van der Waals surface area (Å²) >= 11 is 0. The van der Waals surface area contributed by atoms with E-state index in [2.05, 4.69) is 14.8 Å². The van der Waals surface area contributed by atoms with Gasteiger partial charge in [-0.1, -0.05) is 12.1 Å². The molecule has 3 rings (SSSR count). The molecule has 1 aromatic heterocycles. The second kappa shape index (κ2) is 6.94. The third-order valence-electron chi connectivity index (χ3n) is 4.05. The van der Waals surface area contributed by atoms with Crippen LogP contribution in [-0.2, 0) is 13.1 Å². The van der Waals surface area contributed by atoms with Gasteiger partial charge in [0, 0.05) is 57.2 Å². The Morgan fingerprint density at radius 1 is 0.864 bits per heavy atom. The molecule has 1 aromatic carbocycles. The average Bonchev–Trinajstić information content (AvgIpc) is 2.55. The first kappa shape index (κ1) is 15.1. The van der Waals surface area contributed by atoms with Crippen molar-refractivity contribution >= 4 is 0 Å². The first-order valence-electron chi connectivity index (χ1n) is 7.49. The Morgan fingerprint density at radius 3 is 2.18 bits per heavy atom. The van der Waals surface area contributed by atoms with E-state index in [0.717, 1.165) is 38.8 Å². The SMILES string of the molecule is Fc1cccc(CN2CCN(Cc3ccncc3)CC2)c1F. The fourth-order valence-corrected chi connectivity index (χ4v) is 2.76. The molecule has 0 spiro atoms. The topological polar surface area (TPSA) is 19.4 Å². The summed E-state index contributed by atoms with van der Waals surface area (Å²) in [5, 5.41) is 0. The van der Waals surface area contributed by atoms with E-state index >= 15 is 0 Å². The normalized spacial score (nSPS) is 16.8. The van der Waals surface area contributed by atoms with Crippen molar-refractivity contribution in [2.24, 2.45) is 0 Å². The van der Waals surface area contributed by atoms with Gasteiger partial charge >= 0.3 is 0 Å². The maximum atomic E-state index is 13.7. The lowest BCUT2D eigenvalue weighted by atomic mass is 10.1. The Balaban J connectivity index is 1.52. The molecule has 0 atom stereocenters. The molecule has 1 aliphatic heterocycles. The van der Waals surface area contributed by atoms with Crippen molar-refractivity contribution in [3.05, 3.63) is 65.5 Å². The molecule has 1 fully saturated rings. The van der Waals surface area contributed by atoms with Gasteiger partial charge in [0.05, 0.1) is 0 Å². The van der Waals surface area contributed by atoms with Gasteiger partial charge in [0.2, 0.25) is 0 Å². The summed E-state index contributed by atoms with van der Waals surface area (Å²) in [6, 6.07) is 8.42. The van der Waals surface area contributed by atoms with Gasteiger partial charge in [0.15, 0.2) is 11.6 Å². The quantitative estimate of drug-likeness (QED) is 0.866. The smallest absolute Gasteiger partial charge is 0.163 e. The number of aromatic nitrogens is 1. The summed E-state index contributed by atoms with van der Waals surface area (Å²) in [6.07, 6.45) is 3.61. The third-order valence-corrected chi connectivity index (χ3v) is 4.05. The lowest BCUT2D eigenvalue weighted by Gasteiger charge is -2.34. The molecular formula is C17H19F2N3. The zero-order valence-corrected chi connectivity index (χ0v) is 12.4. The maximum absolute atomic E-state index is 13.7. The van der Waals surface area contributed by atoms with Crippen LogP contribution in [-0.4, -0.2) is 41.0 Å². The van der Waals surface area contributed by atoms with Gasteiger partial charge in [0.25, 0.3) is 0 Å². The van der Waals surface area contributed by atoms with Gasteiger partial charge in [-0.3, -0.25) is 14.8 Å². The van der Waals surface area contributed by atoms with E-state index in [1.807, 2.05) is 12.1 Å². The van der Waals surface area contributed by atoms with Crippen molar-refractivity contribution < 1.29 is 8.78 Å². The van der Waals surface area contributed by atoms with Crippen LogP contribution < -0.4 is 0 Å². The Labute approximate surface area is 129 Å². The first-order valence-corrected chi connectivity index (χ1v) is 7.49. The molecule has 1 saturated heterocycles. The van der Waals surface area contributed by atoms with Crippen molar-refractivity contribution in [1.82, 2.24) is 14.8 Å². The standard InChI is InChI=1S/C17H19F2N3/c18-16-3-1-2-15(17(16)19)13-22-10-8-21(9-11-22)12-14-4-6-20-7-5-14/h1-7H,8-13H2. The van der Waals surface area contributed by atoms with Crippen LogP contribution in [0, 0.1) is 11.6 Å². The second-order valence-electron chi connectivity index (χ2n) is 5.62. The number of benzene rings is 1. The summed E-state index contributed by atoms with van der Waals surface area (Å²) in [5.41, 5.74) is 1.68. The molecular weight excluding hydrogens is 284 g/mol. The molecule has 0 N–H and O–H groups in total. The van der Waals surface area contributed by atoms with Crippen molar-refractivity contribution in [2.75, 3.05) is 26.2 Å². The van der Waals surface area contributed by atoms with Crippen molar-refractivity contribution in [3.8, 4) is 0 Å². The molecule has 5 heteroatoms. The number of rotatable bonds is 4. The number of hydrogen-bond acceptors (Lipinski definition) is 3. The number of halogens is 2. The van der Waals surface area contributed by atoms with E-state index in [4.69, 9.17) is 0 Å². The monoisotopic (exact) mass is 303 g/mol. The lowest BCUT2D eigenvalue weighted by Crippen LogP contribution is -2.45. The average molecular weight is 303 g/mol. The molecule has 3 nitrogen and oxygen atoms in total. The second-order valence-corrected chi connectivity index (χ2v) is 5.62. The van der Waals surface area contributed by atoms with Crippen molar-refractivity contribution in [2.45, 2.75) is 13.1 Å². The van der Waals surface area contributed by atoms with Crippen LogP contribution in [0.15, 0.2) is 42.7 Å². The molecule has 2 aromatic rings. The van der Waals surface area contributed by atoms with Crippen LogP contribution in [0.1, 0.15) is 11.1 Å². The minimum atomic E-state index is -0.770. The van der Waals surface area contributed by atoms with Gasteiger partial charge in [0.1, 0.15) is 0 Å². The van der Waals surface area contributed by atoms with E-state index in [0.29, 0.717) is 12.1 Å². The van der Waals surface area contributed by atoms with Crippen molar-refractivity contribution in [3.63, 3.8) is 0 Å². The molecule has 0 amide bonds. The van der Waals surface area contributed by atoms with Crippen LogP contribution in [0.2, 0.25) is 0 Å². The molecule has 0 radical (unpaired) electrons. The highest BCUT2D eigenvalue weighted by Crippen LogP contribution is 2.15. The highest BCUT2D eigenvalue weighted by atomic mass is 19.2. The summed E-state index contributed by atoms with van der Waals surface area (Å²) < 4.78 is 26.9. The van der Waals surface area contributed by atoms with Crippen molar-refractivity contribution in [1.29, 1.82) is 0 Å². The van der Waals surface area contributed by atoms with Gasteiger partial charge < -0.3 is 0 Å². The van der Waals surface area contributed by atoms with Gasteiger partial charge in [-0.25, -0.2) is 8.78 Å². The maximum Gasteiger partial charge on any atom is 0.163 e. The number of piperazine rings is 1. The minimum Gasteiger partial charge on any atom is -0.297 e. The van der Waals surface area contributed by atoms with E-state index in [9.17, 15) is 8.78 Å². The molecule has 0 unspecified atom stereocenters. The summed E-state index contributed by atoms with van der Waals surface area (Å²) in [5.74, 6) is -1.49. The summed E-state index contributed by atoms with van der Waals surface area (Å²) in [4.78, 5) is 8.56. The molecule has 0 aliphatic carbocycles. The highest BCUT2D eigenvalue weighted by Gasteiger charge is 2.18. The molecule has 0 saturated carbocycles. The fraction of sp³-hybridized carbons (Fsp3) is 0.353. The number of nitrogens with zero attached hydrogens (tertiary/aromatic N) is 3. The van der Waals surface area contributed by atoms with Gasteiger partial charge in [-0.15, -0.1) is 0 Å². The molecule has 2 heterocycles. The zero-order valence-electron chi connectivity index (χ0n) is 12.4. The zero-order chi connectivity index (χ0) is 15.4. The molecule has 1 aliphatic rings. The van der Waals surface area contributed by atoms with Crippen LogP contribution in [0.4, 0.5) is 8.78 Å². The van der Waals surface area contributed by atoms with E-state index in [1.54, 1.807) is 24.5 Å². The first-order chi connectivity index (χ1) is 10.7. The predicted molar refractivity (Wildman–Crippen MR) is 81.1 cm³/mol. The van der Waals surface area contributed by atoms with Crippen LogP contribution in [0.5, 0.6) is 0 Å². The summed E-state index contributed by atoms with van der Waals surface area (Å²) in [6.45, 7) is 4.96. The molecule has 116 valence electrons. The Hall–Kier alpha value is -1.85. The van der Waals surface area contributed by atoms with Crippen LogP contribution in [0.3, 0.4) is 0 Å². The highest BCUT2D eigenvalue weighted by molar-refractivity contribution is 5.19. The Bertz CT molecular complexity index is 611. The lowest BCUT2D eigenvalue weighted by molar-refractivity contribution is 0.121.